The smallest absolute Gasteiger partial charge is 0.160 e. The lowest BCUT2D eigenvalue weighted by Gasteiger charge is -2.37. The van der Waals surface area contributed by atoms with Crippen molar-refractivity contribution < 1.29 is 0 Å². The fourth-order valence-corrected chi connectivity index (χ4v) is 9.91. The van der Waals surface area contributed by atoms with Gasteiger partial charge in [0.15, 0.2) is 5.82 Å². The van der Waals surface area contributed by atoms with Crippen molar-refractivity contribution in [2.24, 2.45) is 0 Å². The predicted molar refractivity (Wildman–Crippen MR) is 206 cm³/mol. The van der Waals surface area contributed by atoms with Crippen LogP contribution in [0, 0.1) is 0 Å². The van der Waals surface area contributed by atoms with Crippen LogP contribution in [0.15, 0.2) is 146 Å². The summed E-state index contributed by atoms with van der Waals surface area (Å²) in [7, 11) is 0. The van der Waals surface area contributed by atoms with Gasteiger partial charge < -0.3 is 0 Å². The summed E-state index contributed by atoms with van der Waals surface area (Å²) < 4.78 is 2.66. The van der Waals surface area contributed by atoms with Crippen LogP contribution in [0.5, 0.6) is 0 Å². The van der Waals surface area contributed by atoms with Gasteiger partial charge in [-0.1, -0.05) is 147 Å². The van der Waals surface area contributed by atoms with Crippen molar-refractivity contribution in [3.8, 4) is 56.2 Å². The summed E-state index contributed by atoms with van der Waals surface area (Å²) >= 11 is 1.92. The van der Waals surface area contributed by atoms with Crippen molar-refractivity contribution >= 4 is 31.5 Å². The van der Waals surface area contributed by atoms with Crippen LogP contribution < -0.4 is 0 Å². The van der Waals surface area contributed by atoms with Crippen molar-refractivity contribution in [3.05, 3.63) is 157 Å². The van der Waals surface area contributed by atoms with Crippen LogP contribution >= 0.6 is 11.3 Å². The Kier molecular flexibility index (Phi) is 6.63. The zero-order chi connectivity index (χ0) is 32.4. The first kappa shape index (κ1) is 28.6. The number of thiophene rings is 1. The molecule has 0 bridgehead atoms. The fraction of sp³-hybridized carbons (Fsp3) is 0.130. The van der Waals surface area contributed by atoms with E-state index in [-0.39, 0.29) is 5.41 Å². The van der Waals surface area contributed by atoms with E-state index in [1.54, 1.807) is 11.1 Å². The molecule has 10 rings (SSSR count). The third-order valence-electron chi connectivity index (χ3n) is 10.9. The Bertz CT molecular complexity index is 2470. The van der Waals surface area contributed by atoms with E-state index in [9.17, 15) is 0 Å². The van der Waals surface area contributed by atoms with E-state index in [1.165, 1.54) is 74.5 Å². The summed E-state index contributed by atoms with van der Waals surface area (Å²) in [6.07, 6.45) is 6.38. The van der Waals surface area contributed by atoms with E-state index in [4.69, 9.17) is 9.97 Å². The van der Waals surface area contributed by atoms with Gasteiger partial charge in [0.25, 0.3) is 0 Å². The first-order chi connectivity index (χ1) is 24.3. The molecule has 2 heterocycles. The monoisotopic (exact) mass is 646 g/mol. The second-order valence-electron chi connectivity index (χ2n) is 13.6. The zero-order valence-electron chi connectivity index (χ0n) is 27.2. The summed E-state index contributed by atoms with van der Waals surface area (Å²) in [6.45, 7) is 0. The Balaban J connectivity index is 1.15. The van der Waals surface area contributed by atoms with Gasteiger partial charge in [-0.3, -0.25) is 0 Å². The summed E-state index contributed by atoms with van der Waals surface area (Å²) in [5.41, 5.74) is 13.9. The average molecular weight is 647 g/mol. The average Bonchev–Trinajstić information content (AvgIpc) is 3.69. The third kappa shape index (κ3) is 4.53. The minimum absolute atomic E-state index is 0.104. The third-order valence-corrected chi connectivity index (χ3v) is 12.1. The van der Waals surface area contributed by atoms with Gasteiger partial charge in [0.1, 0.15) is 0 Å². The molecule has 0 saturated heterocycles. The number of aromatic nitrogens is 2. The number of hydrogen-bond acceptors (Lipinski definition) is 3. The zero-order valence-corrected chi connectivity index (χ0v) is 28.0. The van der Waals surface area contributed by atoms with Gasteiger partial charge in [-0.15, -0.1) is 11.3 Å². The molecule has 8 aromatic rings. The molecule has 2 aromatic heterocycles. The molecule has 2 aliphatic rings. The van der Waals surface area contributed by atoms with Crippen LogP contribution in [0.1, 0.15) is 43.2 Å². The first-order valence-corrected chi connectivity index (χ1v) is 18.3. The highest BCUT2D eigenvalue weighted by atomic mass is 32.1. The second kappa shape index (κ2) is 11.4. The Hall–Kier alpha value is -5.38. The van der Waals surface area contributed by atoms with E-state index >= 15 is 0 Å². The molecular formula is C46H34N2S. The van der Waals surface area contributed by atoms with E-state index in [0.717, 1.165) is 33.9 Å². The van der Waals surface area contributed by atoms with Crippen LogP contribution in [-0.2, 0) is 5.41 Å². The minimum Gasteiger partial charge on any atom is -0.228 e. The van der Waals surface area contributed by atoms with Crippen molar-refractivity contribution in [2.75, 3.05) is 0 Å². The lowest BCUT2D eigenvalue weighted by molar-refractivity contribution is 0.353. The largest absolute Gasteiger partial charge is 0.228 e. The molecule has 1 spiro atoms. The molecule has 6 aromatic carbocycles. The van der Waals surface area contributed by atoms with Gasteiger partial charge in [0.2, 0.25) is 0 Å². The Labute approximate surface area is 290 Å². The second-order valence-corrected chi connectivity index (χ2v) is 14.7. The maximum absolute atomic E-state index is 5.14. The Morgan fingerprint density at radius 1 is 0.469 bits per heavy atom. The molecule has 0 atom stereocenters. The SMILES string of the molecule is c1ccc(-c2cc(-c3ccc4sc5c(-c6cccc7c6C6(CCCCC6)c6ccccc6-7)cccc5c4c3)nc(-c3ccccc3)n2)cc1. The molecule has 0 unspecified atom stereocenters. The summed E-state index contributed by atoms with van der Waals surface area (Å²) in [6, 6.07) is 52.9. The molecule has 1 saturated carbocycles. The molecule has 49 heavy (non-hydrogen) atoms. The maximum atomic E-state index is 5.14. The Morgan fingerprint density at radius 3 is 1.90 bits per heavy atom. The van der Waals surface area contributed by atoms with Crippen LogP contribution in [0.3, 0.4) is 0 Å². The number of rotatable bonds is 4. The van der Waals surface area contributed by atoms with Crippen LogP contribution in [0.2, 0.25) is 0 Å². The van der Waals surface area contributed by atoms with Crippen LogP contribution in [0.4, 0.5) is 0 Å². The molecule has 2 nitrogen and oxygen atoms in total. The van der Waals surface area contributed by atoms with Crippen molar-refractivity contribution in [3.63, 3.8) is 0 Å². The topological polar surface area (TPSA) is 25.8 Å². The van der Waals surface area contributed by atoms with Gasteiger partial charge in [-0.25, -0.2) is 9.97 Å². The summed E-state index contributed by atoms with van der Waals surface area (Å²) in [5.74, 6) is 0.741. The highest BCUT2D eigenvalue weighted by Crippen LogP contribution is 2.59. The molecule has 2 aliphatic carbocycles. The number of benzene rings is 6. The molecule has 3 heteroatoms. The number of fused-ring (bicyclic) bond motifs is 8. The molecular weight excluding hydrogens is 613 g/mol. The molecule has 0 aliphatic heterocycles. The van der Waals surface area contributed by atoms with E-state index < -0.39 is 0 Å². The Morgan fingerprint density at radius 2 is 1.10 bits per heavy atom. The highest BCUT2D eigenvalue weighted by molar-refractivity contribution is 7.26. The number of nitrogens with zero attached hydrogens (tertiary/aromatic N) is 2. The molecule has 234 valence electrons. The first-order valence-electron chi connectivity index (χ1n) is 17.5. The van der Waals surface area contributed by atoms with Gasteiger partial charge in [-0.05, 0) is 64.4 Å². The maximum Gasteiger partial charge on any atom is 0.160 e. The van der Waals surface area contributed by atoms with Gasteiger partial charge >= 0.3 is 0 Å². The van der Waals surface area contributed by atoms with Gasteiger partial charge in [0.05, 0.1) is 11.4 Å². The van der Waals surface area contributed by atoms with Gasteiger partial charge in [-0.2, -0.15) is 0 Å². The van der Waals surface area contributed by atoms with Crippen molar-refractivity contribution in [2.45, 2.75) is 37.5 Å². The lowest BCUT2D eigenvalue weighted by atomic mass is 9.66. The van der Waals surface area contributed by atoms with Crippen LogP contribution in [-0.4, -0.2) is 9.97 Å². The normalized spacial score (nSPS) is 14.7. The molecule has 0 N–H and O–H groups in total. The summed E-state index contributed by atoms with van der Waals surface area (Å²) in [4.78, 5) is 10.2. The van der Waals surface area contributed by atoms with Crippen molar-refractivity contribution in [1.82, 2.24) is 9.97 Å². The van der Waals surface area contributed by atoms with Gasteiger partial charge in [0, 0.05) is 42.3 Å². The van der Waals surface area contributed by atoms with E-state index in [0.29, 0.717) is 0 Å². The number of hydrogen-bond donors (Lipinski definition) is 0. The van der Waals surface area contributed by atoms with Crippen molar-refractivity contribution in [1.29, 1.82) is 0 Å². The lowest BCUT2D eigenvalue weighted by Crippen LogP contribution is -2.28. The minimum atomic E-state index is 0.104. The summed E-state index contributed by atoms with van der Waals surface area (Å²) in [5, 5.41) is 2.59. The standard InChI is InChI=1S/C46H34N2S/c1-4-14-30(15-5-1)40-29-41(48-45(47-40)31-16-6-2-7-17-31)32-24-25-42-38(28-32)37-22-13-21-36(44(37)49-42)35-20-12-19-34-33-18-8-9-23-39(33)46(43(34)35)26-10-3-11-27-46/h1-2,4-9,12-25,28-29H,3,10-11,26-27H2. The predicted octanol–water partition coefficient (Wildman–Crippen LogP) is 12.7. The van der Waals surface area contributed by atoms with E-state index in [1.807, 2.05) is 35.6 Å². The fourth-order valence-electron chi connectivity index (χ4n) is 8.70. The van der Waals surface area contributed by atoms with Crippen LogP contribution in [0.25, 0.3) is 76.3 Å². The molecule has 0 amide bonds. The van der Waals surface area contributed by atoms with E-state index in [2.05, 4.69) is 121 Å². The quantitative estimate of drug-likeness (QED) is 0.190. The highest BCUT2D eigenvalue weighted by Gasteiger charge is 2.45. The molecule has 0 radical (unpaired) electrons. The molecule has 1 fully saturated rings.